The third-order valence-electron chi connectivity index (χ3n) is 5.68. The molecule has 2 aromatic carbocycles. The van der Waals surface area contributed by atoms with Gasteiger partial charge < -0.3 is 10.2 Å². The Morgan fingerprint density at radius 1 is 1.03 bits per heavy atom. The molecule has 0 spiro atoms. The van der Waals surface area contributed by atoms with Crippen molar-refractivity contribution in [1.29, 1.82) is 0 Å². The number of hydrogen-bond acceptors (Lipinski definition) is 3. The van der Waals surface area contributed by atoms with Gasteiger partial charge in [-0.15, -0.1) is 0 Å². The smallest absolute Gasteiger partial charge is 0.222 e. The Labute approximate surface area is 178 Å². The molecule has 0 bridgehead atoms. The Hall–Kier alpha value is -2.92. The highest BCUT2D eigenvalue weighted by atomic mass is 16.2. The highest BCUT2D eigenvalue weighted by Crippen LogP contribution is 2.25. The molecule has 4 rings (SSSR count). The lowest BCUT2D eigenvalue weighted by Gasteiger charge is -2.26. The minimum Gasteiger partial charge on any atom is -0.341 e. The first-order chi connectivity index (χ1) is 14.6. The van der Waals surface area contributed by atoms with Crippen molar-refractivity contribution in [2.24, 2.45) is 0 Å². The summed E-state index contributed by atoms with van der Waals surface area (Å²) in [5, 5.41) is 8.44. The molecule has 3 aromatic rings. The van der Waals surface area contributed by atoms with E-state index in [2.05, 4.69) is 73.9 Å². The minimum atomic E-state index is 0.288. The maximum Gasteiger partial charge on any atom is 0.222 e. The standard InChI is InChI=1S/C25H30N4O/c1-19-9-11-23(12-10-19)29-18-22(25(27-29)21-7-5-6-20(2)16-21)17-26-13-15-28-14-4-3-8-24(28)30/h5-7,9-12,16,18,26H,3-4,8,13-15,17H2,1-2H3. The van der Waals surface area contributed by atoms with E-state index in [0.717, 1.165) is 61.5 Å². The zero-order chi connectivity index (χ0) is 20.9. The normalized spacial score (nSPS) is 14.3. The van der Waals surface area contributed by atoms with Gasteiger partial charge >= 0.3 is 0 Å². The first-order valence-corrected chi connectivity index (χ1v) is 10.8. The van der Waals surface area contributed by atoms with Crippen LogP contribution in [0.2, 0.25) is 0 Å². The van der Waals surface area contributed by atoms with Crippen molar-refractivity contribution in [1.82, 2.24) is 20.0 Å². The average Bonchev–Trinajstić information content (AvgIpc) is 3.17. The fraction of sp³-hybridized carbons (Fsp3) is 0.360. The van der Waals surface area contributed by atoms with Crippen molar-refractivity contribution < 1.29 is 4.79 Å². The number of benzene rings is 2. The molecule has 5 nitrogen and oxygen atoms in total. The van der Waals surface area contributed by atoms with Crippen LogP contribution in [0.15, 0.2) is 54.7 Å². The third-order valence-corrected chi connectivity index (χ3v) is 5.68. The van der Waals surface area contributed by atoms with E-state index in [-0.39, 0.29) is 5.91 Å². The van der Waals surface area contributed by atoms with Crippen LogP contribution in [0.25, 0.3) is 16.9 Å². The maximum absolute atomic E-state index is 12.0. The Bertz CT molecular complexity index is 1010. The molecule has 1 fully saturated rings. The molecular formula is C25H30N4O. The Morgan fingerprint density at radius 3 is 2.63 bits per heavy atom. The SMILES string of the molecule is Cc1ccc(-n2cc(CNCCN3CCCCC3=O)c(-c3cccc(C)c3)n2)cc1. The molecule has 0 saturated carbocycles. The highest BCUT2D eigenvalue weighted by Gasteiger charge is 2.17. The number of nitrogens with zero attached hydrogens (tertiary/aromatic N) is 3. The molecule has 5 heteroatoms. The summed E-state index contributed by atoms with van der Waals surface area (Å²) in [5.41, 5.74) is 6.80. The van der Waals surface area contributed by atoms with Crippen molar-refractivity contribution in [3.8, 4) is 16.9 Å². The fourth-order valence-electron chi connectivity index (χ4n) is 3.94. The average molecular weight is 403 g/mol. The molecule has 0 radical (unpaired) electrons. The van der Waals surface area contributed by atoms with Crippen molar-refractivity contribution in [3.63, 3.8) is 0 Å². The summed E-state index contributed by atoms with van der Waals surface area (Å²) in [6, 6.07) is 16.9. The van der Waals surface area contributed by atoms with Crippen LogP contribution in [0.1, 0.15) is 36.0 Å². The van der Waals surface area contributed by atoms with Gasteiger partial charge in [-0.05, 0) is 44.9 Å². The first-order valence-electron chi connectivity index (χ1n) is 10.8. The fourth-order valence-corrected chi connectivity index (χ4v) is 3.94. The van der Waals surface area contributed by atoms with Gasteiger partial charge in [0.15, 0.2) is 0 Å². The summed E-state index contributed by atoms with van der Waals surface area (Å²) >= 11 is 0. The van der Waals surface area contributed by atoms with Crippen LogP contribution >= 0.6 is 0 Å². The molecule has 2 heterocycles. The molecule has 0 aliphatic carbocycles. The zero-order valence-electron chi connectivity index (χ0n) is 17.9. The van der Waals surface area contributed by atoms with E-state index in [0.29, 0.717) is 6.42 Å². The van der Waals surface area contributed by atoms with Crippen molar-refractivity contribution in [2.75, 3.05) is 19.6 Å². The van der Waals surface area contributed by atoms with E-state index < -0.39 is 0 Å². The lowest BCUT2D eigenvalue weighted by molar-refractivity contribution is -0.133. The second kappa shape index (κ2) is 9.26. The largest absolute Gasteiger partial charge is 0.341 e. The summed E-state index contributed by atoms with van der Waals surface area (Å²) in [4.78, 5) is 14.0. The van der Waals surface area contributed by atoms with E-state index in [9.17, 15) is 4.79 Å². The second-order valence-corrected chi connectivity index (χ2v) is 8.17. The number of nitrogens with one attached hydrogen (secondary N) is 1. The summed E-state index contributed by atoms with van der Waals surface area (Å²) in [6.07, 6.45) is 4.95. The number of aryl methyl sites for hydroxylation is 2. The van der Waals surface area contributed by atoms with Crippen LogP contribution in [0.3, 0.4) is 0 Å². The van der Waals surface area contributed by atoms with E-state index >= 15 is 0 Å². The molecule has 0 atom stereocenters. The number of hydrogen-bond donors (Lipinski definition) is 1. The molecule has 156 valence electrons. The molecule has 1 aromatic heterocycles. The Kier molecular flexibility index (Phi) is 6.29. The van der Waals surface area contributed by atoms with Gasteiger partial charge in [-0.2, -0.15) is 5.10 Å². The number of likely N-dealkylation sites (tertiary alicyclic amines) is 1. The van der Waals surface area contributed by atoms with Gasteiger partial charge in [-0.25, -0.2) is 4.68 Å². The summed E-state index contributed by atoms with van der Waals surface area (Å²) in [6.45, 7) is 7.36. The van der Waals surface area contributed by atoms with Crippen molar-refractivity contribution in [2.45, 2.75) is 39.7 Å². The maximum atomic E-state index is 12.0. The molecule has 1 aliphatic rings. The Balaban J connectivity index is 1.51. The van der Waals surface area contributed by atoms with Crippen LogP contribution in [-0.4, -0.2) is 40.2 Å². The van der Waals surface area contributed by atoms with Gasteiger partial charge in [0.05, 0.1) is 11.4 Å². The number of aromatic nitrogens is 2. The van der Waals surface area contributed by atoms with E-state index in [1.165, 1.54) is 11.1 Å². The lowest BCUT2D eigenvalue weighted by Crippen LogP contribution is -2.39. The first kappa shape index (κ1) is 20.4. The monoisotopic (exact) mass is 402 g/mol. The van der Waals surface area contributed by atoms with E-state index in [1.54, 1.807) is 0 Å². The molecule has 1 N–H and O–H groups in total. The predicted molar refractivity (Wildman–Crippen MR) is 121 cm³/mol. The van der Waals surface area contributed by atoms with Crippen molar-refractivity contribution in [3.05, 3.63) is 71.4 Å². The third kappa shape index (κ3) is 4.79. The summed E-state index contributed by atoms with van der Waals surface area (Å²) in [5.74, 6) is 0.288. The number of amides is 1. The van der Waals surface area contributed by atoms with Gasteiger partial charge in [0.25, 0.3) is 0 Å². The van der Waals surface area contributed by atoms with Crippen LogP contribution in [0, 0.1) is 13.8 Å². The van der Waals surface area contributed by atoms with Crippen LogP contribution < -0.4 is 5.32 Å². The van der Waals surface area contributed by atoms with Crippen LogP contribution in [-0.2, 0) is 11.3 Å². The van der Waals surface area contributed by atoms with E-state index in [4.69, 9.17) is 5.10 Å². The van der Waals surface area contributed by atoms with Gasteiger partial charge in [-0.3, -0.25) is 4.79 Å². The minimum absolute atomic E-state index is 0.288. The topological polar surface area (TPSA) is 50.2 Å². The van der Waals surface area contributed by atoms with Gasteiger partial charge in [0, 0.05) is 49.9 Å². The Morgan fingerprint density at radius 2 is 1.87 bits per heavy atom. The number of rotatable bonds is 7. The van der Waals surface area contributed by atoms with E-state index in [1.807, 2.05) is 9.58 Å². The van der Waals surface area contributed by atoms with Crippen LogP contribution in [0.4, 0.5) is 0 Å². The summed E-state index contributed by atoms with van der Waals surface area (Å²) < 4.78 is 1.96. The zero-order valence-corrected chi connectivity index (χ0v) is 17.9. The number of piperidine rings is 1. The predicted octanol–water partition coefficient (Wildman–Crippen LogP) is 4.26. The molecule has 0 unspecified atom stereocenters. The molecule has 1 saturated heterocycles. The van der Waals surface area contributed by atoms with Crippen molar-refractivity contribution >= 4 is 5.91 Å². The van der Waals surface area contributed by atoms with Crippen LogP contribution in [0.5, 0.6) is 0 Å². The quantitative estimate of drug-likeness (QED) is 0.601. The molecule has 30 heavy (non-hydrogen) atoms. The van der Waals surface area contributed by atoms with Gasteiger partial charge in [-0.1, -0.05) is 41.5 Å². The summed E-state index contributed by atoms with van der Waals surface area (Å²) in [7, 11) is 0. The molecular weight excluding hydrogens is 372 g/mol. The number of carbonyl (C=O) groups excluding carboxylic acids is 1. The second-order valence-electron chi connectivity index (χ2n) is 8.17. The molecule has 1 aliphatic heterocycles. The highest BCUT2D eigenvalue weighted by molar-refractivity contribution is 5.76. The molecule has 1 amide bonds. The number of carbonyl (C=O) groups is 1. The van der Waals surface area contributed by atoms with Gasteiger partial charge in [0.1, 0.15) is 0 Å². The van der Waals surface area contributed by atoms with Gasteiger partial charge in [0.2, 0.25) is 5.91 Å². The lowest BCUT2D eigenvalue weighted by atomic mass is 10.1.